The zero-order chi connectivity index (χ0) is 14.1. The molecule has 0 atom stereocenters. The molecule has 0 amide bonds. The summed E-state index contributed by atoms with van der Waals surface area (Å²) in [6, 6.07) is 0. The fraction of sp³-hybridized carbons (Fsp3) is 0.889. The van der Waals surface area contributed by atoms with Crippen molar-refractivity contribution in [2.24, 2.45) is 5.92 Å². The molecule has 0 heterocycles. The second kappa shape index (κ2) is 4.73. The van der Waals surface area contributed by atoms with Gasteiger partial charge in [-0.05, 0) is 20.8 Å². The normalized spacial score (nSPS) is 14.0. The van der Waals surface area contributed by atoms with Gasteiger partial charge in [-0.1, -0.05) is 0 Å². The van der Waals surface area contributed by atoms with E-state index in [0.29, 0.717) is 0 Å². The second-order valence-corrected chi connectivity index (χ2v) is 4.43. The van der Waals surface area contributed by atoms with E-state index < -0.39 is 36.3 Å². The van der Waals surface area contributed by atoms with Crippen LogP contribution >= 0.6 is 0 Å². The van der Waals surface area contributed by atoms with Gasteiger partial charge in [0.25, 0.3) is 0 Å². The molecule has 0 aromatic rings. The average molecular weight is 266 g/mol. The summed E-state index contributed by atoms with van der Waals surface area (Å²) < 4.78 is 76.9. The molecule has 0 spiro atoms. The number of hydrogen-bond acceptors (Lipinski definition) is 2. The Morgan fingerprint density at radius 3 is 1.59 bits per heavy atom. The molecule has 0 aliphatic heterocycles. The van der Waals surface area contributed by atoms with Gasteiger partial charge in [0.05, 0.1) is 6.42 Å². The highest BCUT2D eigenvalue weighted by atomic mass is 19.4. The lowest BCUT2D eigenvalue weighted by Crippen LogP contribution is -2.39. The first-order valence-corrected chi connectivity index (χ1v) is 4.59. The van der Waals surface area contributed by atoms with Gasteiger partial charge in [-0.25, -0.2) is 0 Å². The summed E-state index contributed by atoms with van der Waals surface area (Å²) >= 11 is 0. The number of alkyl halides is 6. The topological polar surface area (TPSA) is 26.3 Å². The molecule has 17 heavy (non-hydrogen) atoms. The third-order valence-electron chi connectivity index (χ3n) is 1.58. The minimum absolute atomic E-state index is 1.13. The van der Waals surface area contributed by atoms with Crippen LogP contribution in [0.15, 0.2) is 0 Å². The van der Waals surface area contributed by atoms with Crippen molar-refractivity contribution >= 4 is 5.97 Å². The molecule has 0 saturated heterocycles. The van der Waals surface area contributed by atoms with Gasteiger partial charge in [-0.2, -0.15) is 26.3 Å². The summed E-state index contributed by atoms with van der Waals surface area (Å²) in [6.07, 6.45) is -12.8. The smallest absolute Gasteiger partial charge is 0.401 e. The van der Waals surface area contributed by atoms with Crippen molar-refractivity contribution < 1.29 is 35.9 Å². The number of carbonyl (C=O) groups excluding carboxylic acids is 1. The van der Waals surface area contributed by atoms with Crippen molar-refractivity contribution in [3.05, 3.63) is 0 Å². The molecule has 0 fully saturated rings. The zero-order valence-corrected chi connectivity index (χ0v) is 9.37. The van der Waals surface area contributed by atoms with E-state index in [9.17, 15) is 31.1 Å². The summed E-state index contributed by atoms with van der Waals surface area (Å²) in [6.45, 7) is 4.04. The van der Waals surface area contributed by atoms with Crippen molar-refractivity contribution in [3.63, 3.8) is 0 Å². The van der Waals surface area contributed by atoms with Crippen molar-refractivity contribution in [1.82, 2.24) is 0 Å². The highest BCUT2D eigenvalue weighted by molar-refractivity contribution is 5.70. The number of ether oxygens (including phenoxy) is 1. The van der Waals surface area contributed by atoms with Gasteiger partial charge in [0.15, 0.2) is 5.92 Å². The van der Waals surface area contributed by atoms with Crippen LogP contribution in [0.25, 0.3) is 0 Å². The standard InChI is InChI=1S/C9H12F6O2/c1-7(2,3)17-6(16)4-5(8(10,11)12)9(13,14)15/h5H,4H2,1-3H3. The van der Waals surface area contributed by atoms with Gasteiger partial charge in [0, 0.05) is 0 Å². The third-order valence-corrected chi connectivity index (χ3v) is 1.58. The van der Waals surface area contributed by atoms with E-state index in [1.165, 1.54) is 20.8 Å². The fourth-order valence-corrected chi connectivity index (χ4v) is 0.967. The third kappa shape index (κ3) is 6.38. The Hall–Kier alpha value is -0.950. The summed E-state index contributed by atoms with van der Waals surface area (Å²) in [5, 5.41) is 0. The number of carbonyl (C=O) groups is 1. The van der Waals surface area contributed by atoms with Gasteiger partial charge in [-0.3, -0.25) is 4.79 Å². The van der Waals surface area contributed by atoms with E-state index in [2.05, 4.69) is 4.74 Å². The van der Waals surface area contributed by atoms with E-state index in [1.54, 1.807) is 0 Å². The molecule has 2 nitrogen and oxygen atoms in total. The molecule has 0 aromatic carbocycles. The first-order chi connectivity index (χ1) is 7.23. The van der Waals surface area contributed by atoms with Gasteiger partial charge >= 0.3 is 18.3 Å². The maximum absolute atomic E-state index is 12.1. The molecule has 0 rings (SSSR count). The monoisotopic (exact) mass is 266 g/mol. The Kier molecular flexibility index (Phi) is 4.47. The lowest BCUT2D eigenvalue weighted by molar-refractivity contribution is -0.286. The number of rotatable bonds is 2. The zero-order valence-electron chi connectivity index (χ0n) is 9.37. The van der Waals surface area contributed by atoms with Crippen LogP contribution in [0.2, 0.25) is 0 Å². The molecule has 8 heteroatoms. The molecule has 0 bridgehead atoms. The minimum atomic E-state index is -5.52. The molecule has 0 saturated carbocycles. The maximum atomic E-state index is 12.1. The summed E-state index contributed by atoms with van der Waals surface area (Å²) in [4.78, 5) is 10.9. The van der Waals surface area contributed by atoms with Gasteiger partial charge in [0.2, 0.25) is 0 Å². The SMILES string of the molecule is CC(C)(C)OC(=O)CC(C(F)(F)F)C(F)(F)F. The summed E-state index contributed by atoms with van der Waals surface area (Å²) in [7, 11) is 0. The lowest BCUT2D eigenvalue weighted by Gasteiger charge is -2.25. The van der Waals surface area contributed by atoms with E-state index in [4.69, 9.17) is 0 Å². The predicted molar refractivity (Wildman–Crippen MR) is 46.1 cm³/mol. The predicted octanol–water partition coefficient (Wildman–Crippen LogP) is 3.46. The van der Waals surface area contributed by atoms with E-state index in [0.717, 1.165) is 0 Å². The van der Waals surface area contributed by atoms with Crippen molar-refractivity contribution in [1.29, 1.82) is 0 Å². The molecule has 0 N–H and O–H groups in total. The molecule has 0 unspecified atom stereocenters. The quantitative estimate of drug-likeness (QED) is 0.565. The molecule has 102 valence electrons. The highest BCUT2D eigenvalue weighted by Crippen LogP contribution is 2.41. The molecule has 0 aliphatic carbocycles. The van der Waals surface area contributed by atoms with Crippen molar-refractivity contribution in [2.75, 3.05) is 0 Å². The van der Waals surface area contributed by atoms with Crippen LogP contribution in [0.1, 0.15) is 27.2 Å². The Morgan fingerprint density at radius 1 is 1.00 bits per heavy atom. The van der Waals surface area contributed by atoms with Crippen molar-refractivity contribution in [2.45, 2.75) is 45.1 Å². The molecule has 0 aromatic heterocycles. The van der Waals surface area contributed by atoms with Crippen LogP contribution in [0.4, 0.5) is 26.3 Å². The maximum Gasteiger partial charge on any atom is 0.401 e. The van der Waals surface area contributed by atoms with Gasteiger partial charge in [0.1, 0.15) is 5.60 Å². The Balaban J connectivity index is 4.75. The van der Waals surface area contributed by atoms with Crippen LogP contribution in [0.3, 0.4) is 0 Å². The highest BCUT2D eigenvalue weighted by Gasteiger charge is 2.57. The van der Waals surface area contributed by atoms with Crippen LogP contribution in [0.5, 0.6) is 0 Å². The Morgan fingerprint density at radius 2 is 1.35 bits per heavy atom. The van der Waals surface area contributed by atoms with Crippen LogP contribution in [-0.2, 0) is 9.53 Å². The average Bonchev–Trinajstić information content (AvgIpc) is 1.91. The first-order valence-electron chi connectivity index (χ1n) is 4.59. The molecule has 0 radical (unpaired) electrons. The summed E-state index contributed by atoms with van der Waals surface area (Å²) in [5.41, 5.74) is -1.13. The van der Waals surface area contributed by atoms with E-state index in [-0.39, 0.29) is 0 Å². The second-order valence-electron chi connectivity index (χ2n) is 4.43. The van der Waals surface area contributed by atoms with Crippen LogP contribution in [-0.4, -0.2) is 23.9 Å². The number of halogens is 6. The van der Waals surface area contributed by atoms with E-state index in [1.807, 2.05) is 0 Å². The molecule has 0 aliphatic rings. The minimum Gasteiger partial charge on any atom is -0.460 e. The number of esters is 1. The van der Waals surface area contributed by atoms with Gasteiger partial charge < -0.3 is 4.74 Å². The first kappa shape index (κ1) is 16.1. The largest absolute Gasteiger partial charge is 0.460 e. The van der Waals surface area contributed by atoms with Crippen molar-refractivity contribution in [3.8, 4) is 0 Å². The lowest BCUT2D eigenvalue weighted by atomic mass is 10.0. The van der Waals surface area contributed by atoms with Gasteiger partial charge in [-0.15, -0.1) is 0 Å². The Bertz CT molecular complexity index is 259. The summed E-state index contributed by atoms with van der Waals surface area (Å²) in [5.74, 6) is -5.22. The Labute approximate surface area is 93.9 Å². The number of hydrogen-bond donors (Lipinski definition) is 0. The van der Waals surface area contributed by atoms with E-state index >= 15 is 0 Å². The molecular formula is C9H12F6O2. The van der Waals surface area contributed by atoms with Crippen LogP contribution < -0.4 is 0 Å². The molecular weight excluding hydrogens is 254 g/mol. The van der Waals surface area contributed by atoms with Crippen LogP contribution in [0, 0.1) is 5.92 Å². The fourth-order valence-electron chi connectivity index (χ4n) is 0.967.